The maximum Gasteiger partial charge on any atom is 0.417 e. The number of carboxylic acid groups (broad SMARTS) is 1. The van der Waals surface area contributed by atoms with E-state index in [9.17, 15) is 48.9 Å². The van der Waals surface area contributed by atoms with Crippen LogP contribution in [0.5, 0.6) is 5.75 Å². The number of ketones is 2. The number of hydrogen-bond donors (Lipinski definition) is 3. The molecule has 18 heteroatoms. The normalized spacial score (nSPS) is 32.3. The molecule has 1 amide bonds. The Kier molecular flexibility index (Phi) is 11.0. The number of aromatic carboxylic acids is 1. The molecule has 16 nitrogen and oxygen atoms in total. The van der Waals surface area contributed by atoms with Gasteiger partial charge in [-0.05, 0) is 82.9 Å². The minimum atomic E-state index is -2.14. The van der Waals surface area contributed by atoms with Gasteiger partial charge in [-0.15, -0.1) is 0 Å². The number of aliphatic hydroxyl groups excluding tert-OH is 1. The lowest BCUT2D eigenvalue weighted by molar-refractivity contribution is -0.217. The van der Waals surface area contributed by atoms with E-state index in [1.54, 1.807) is 30.2 Å². The fourth-order valence-corrected chi connectivity index (χ4v) is 11.6. The number of fused-ring (bicyclic) bond motifs is 6. The molecular formula is C45H51F2N3O13. The van der Waals surface area contributed by atoms with Crippen LogP contribution in [0.1, 0.15) is 95.0 Å². The largest absolute Gasteiger partial charge is 0.492 e. The van der Waals surface area contributed by atoms with Gasteiger partial charge in [-0.3, -0.25) is 24.0 Å². The summed E-state index contributed by atoms with van der Waals surface area (Å²) in [4.78, 5) is 92.2. The van der Waals surface area contributed by atoms with E-state index in [2.05, 4.69) is 0 Å². The molecule has 8 atom stereocenters. The van der Waals surface area contributed by atoms with Crippen molar-refractivity contribution in [2.45, 2.75) is 108 Å². The van der Waals surface area contributed by atoms with Gasteiger partial charge >= 0.3 is 24.0 Å². The lowest BCUT2D eigenvalue weighted by Gasteiger charge is -2.62. The Balaban J connectivity index is 0.852. The number of benzene rings is 1. The molecule has 2 aromatic rings. The standard InChI is InChI=1S/C45H51F2N3O13/c1-23-20-48(37-31(46)18-27-36(39(37)61-4)50(25-6-7-25)21-28(38(27)56)40(57)58)15-16-49(23)41(59)63-35(55)10-9-34(54)62-22-33(53)44(60)14-12-29-30-8-5-24-17-26(51)11-13-42(24,2)45(30,47)32(52)19-43(29,44)3/h11,13,17-18,21,23,25,29-30,32,52,60H,5-10,12,14-16,19-20,22H2,1-4H3,(H,57,58)/t23?,29-,30?,32-,42-,43-,44-,45-/m0/s1. The summed E-state index contributed by atoms with van der Waals surface area (Å²) in [7, 11) is 1.32. The number of Topliss-reactive ketones (excluding diaryl/α,β-unsaturated/α-hetero) is 1. The van der Waals surface area contributed by atoms with Crippen LogP contribution in [0.4, 0.5) is 19.3 Å². The molecule has 5 fully saturated rings. The fraction of sp³-hybridized carbons (Fsp3) is 0.578. The van der Waals surface area contributed by atoms with E-state index in [0.29, 0.717) is 18.4 Å². The highest BCUT2D eigenvalue weighted by atomic mass is 19.1. The maximum atomic E-state index is 17.4. The highest BCUT2D eigenvalue weighted by Crippen LogP contribution is 2.69. The number of aromatic nitrogens is 1. The number of carboxylic acids is 1. The number of alkyl halides is 1. The average molecular weight is 880 g/mol. The highest BCUT2D eigenvalue weighted by Gasteiger charge is 2.74. The second-order valence-electron chi connectivity index (χ2n) is 18.4. The number of methoxy groups -OCH3 is 1. The molecule has 4 saturated carbocycles. The molecule has 1 saturated heterocycles. The Bertz CT molecular complexity index is 2460. The molecular weight excluding hydrogens is 828 g/mol. The summed E-state index contributed by atoms with van der Waals surface area (Å²) in [6.45, 7) is 4.24. The first-order valence-corrected chi connectivity index (χ1v) is 21.4. The third-order valence-corrected chi connectivity index (χ3v) is 15.1. The number of carbonyl (C=O) groups excluding carboxylic acids is 5. The van der Waals surface area contributed by atoms with E-state index in [0.717, 1.165) is 18.9 Å². The molecule has 0 radical (unpaired) electrons. The van der Waals surface area contributed by atoms with Crippen LogP contribution < -0.4 is 15.1 Å². The quantitative estimate of drug-likeness (QED) is 0.223. The molecule has 2 unspecified atom stereocenters. The van der Waals surface area contributed by atoms with Crippen LogP contribution in [0.2, 0.25) is 0 Å². The van der Waals surface area contributed by atoms with Crippen molar-refractivity contribution in [2.24, 2.45) is 22.7 Å². The van der Waals surface area contributed by atoms with E-state index >= 15 is 8.78 Å². The first-order chi connectivity index (χ1) is 29.7. The monoisotopic (exact) mass is 879 g/mol. The third-order valence-electron chi connectivity index (χ3n) is 15.1. The number of amides is 1. The summed E-state index contributed by atoms with van der Waals surface area (Å²) in [5.74, 6) is -6.52. The first kappa shape index (κ1) is 44.1. The van der Waals surface area contributed by atoms with E-state index < -0.39 is 112 Å². The second-order valence-corrected chi connectivity index (χ2v) is 18.4. The van der Waals surface area contributed by atoms with Gasteiger partial charge in [0.1, 0.15) is 16.9 Å². The van der Waals surface area contributed by atoms with E-state index in [4.69, 9.17) is 14.2 Å². The van der Waals surface area contributed by atoms with Gasteiger partial charge in [-0.1, -0.05) is 18.6 Å². The van der Waals surface area contributed by atoms with Gasteiger partial charge in [-0.2, -0.15) is 0 Å². The Morgan fingerprint density at radius 3 is 2.38 bits per heavy atom. The van der Waals surface area contributed by atoms with Crippen molar-refractivity contribution in [3.05, 3.63) is 57.7 Å². The Morgan fingerprint density at radius 2 is 1.71 bits per heavy atom. The number of piperazine rings is 1. The van der Waals surface area contributed by atoms with Crippen LogP contribution in [-0.2, 0) is 28.7 Å². The Hall–Kier alpha value is -5.49. The van der Waals surface area contributed by atoms with Crippen molar-refractivity contribution < 1.29 is 67.1 Å². The van der Waals surface area contributed by atoms with Crippen LogP contribution in [0.15, 0.2) is 40.9 Å². The van der Waals surface area contributed by atoms with Crippen molar-refractivity contribution in [2.75, 3.05) is 38.3 Å². The van der Waals surface area contributed by atoms with Crippen molar-refractivity contribution in [3.63, 3.8) is 0 Å². The number of aliphatic hydroxyl groups is 2. The SMILES string of the molecule is COc1c(N2CCN(C(=O)OC(=O)CCC(=O)OCC(=O)[C@@]3(O)CC[C@H]4C5CCC6=CC(=O)C=C[C@]6(C)[C@@]5(F)[C@@H](O)C[C@@]43C)C(C)C2)c(F)cc2c(=O)c(C(=O)O)cn(C3CC3)c12. The minimum Gasteiger partial charge on any atom is -0.492 e. The number of halogens is 2. The van der Waals surface area contributed by atoms with Crippen LogP contribution in [0.25, 0.3) is 10.9 Å². The smallest absolute Gasteiger partial charge is 0.417 e. The molecule has 0 spiro atoms. The van der Waals surface area contributed by atoms with Gasteiger partial charge in [0.2, 0.25) is 11.2 Å². The molecule has 3 N–H and O–H groups in total. The average Bonchev–Trinajstić information content (AvgIpc) is 4.04. The number of anilines is 1. The molecule has 1 aromatic heterocycles. The Labute approximate surface area is 360 Å². The molecule has 338 valence electrons. The van der Waals surface area contributed by atoms with Gasteiger partial charge in [-0.25, -0.2) is 18.4 Å². The number of nitrogens with zero attached hydrogens (tertiary/aromatic N) is 3. The molecule has 1 aliphatic heterocycles. The van der Waals surface area contributed by atoms with Crippen molar-refractivity contribution >= 4 is 52.2 Å². The summed E-state index contributed by atoms with van der Waals surface area (Å²) in [5.41, 5.74) is -7.12. The number of hydrogen-bond acceptors (Lipinski definition) is 13. The summed E-state index contributed by atoms with van der Waals surface area (Å²) in [6.07, 6.45) is 4.01. The predicted octanol–water partition coefficient (Wildman–Crippen LogP) is 4.35. The van der Waals surface area contributed by atoms with Gasteiger partial charge in [0.05, 0.1) is 37.0 Å². The van der Waals surface area contributed by atoms with Crippen molar-refractivity contribution in [1.29, 1.82) is 0 Å². The third kappa shape index (κ3) is 6.85. The highest BCUT2D eigenvalue weighted by molar-refractivity contribution is 6.01. The summed E-state index contributed by atoms with van der Waals surface area (Å²) < 4.78 is 50.7. The zero-order valence-corrected chi connectivity index (χ0v) is 35.5. The summed E-state index contributed by atoms with van der Waals surface area (Å²) in [6, 6.07) is 0.271. The predicted molar refractivity (Wildman–Crippen MR) is 218 cm³/mol. The molecule has 6 aliphatic rings. The zero-order chi connectivity index (χ0) is 45.6. The van der Waals surface area contributed by atoms with Gasteiger partial charge in [0.25, 0.3) is 0 Å². The van der Waals surface area contributed by atoms with Crippen LogP contribution in [-0.4, -0.2) is 117 Å². The lowest BCUT2D eigenvalue weighted by Crippen LogP contribution is -2.69. The van der Waals surface area contributed by atoms with Crippen LogP contribution >= 0.6 is 0 Å². The number of rotatable bonds is 10. The van der Waals surface area contributed by atoms with E-state index in [1.807, 2.05) is 0 Å². The van der Waals surface area contributed by atoms with Crippen molar-refractivity contribution in [1.82, 2.24) is 9.47 Å². The molecule has 0 bridgehead atoms. The zero-order valence-electron chi connectivity index (χ0n) is 35.5. The molecule has 63 heavy (non-hydrogen) atoms. The number of esters is 2. The lowest BCUT2D eigenvalue weighted by atomic mass is 9.44. The summed E-state index contributed by atoms with van der Waals surface area (Å²) >= 11 is 0. The molecule has 2 heterocycles. The summed E-state index contributed by atoms with van der Waals surface area (Å²) in [5, 5.41) is 32.9. The van der Waals surface area contributed by atoms with Crippen LogP contribution in [0.3, 0.4) is 0 Å². The molecule has 1 aromatic carbocycles. The first-order valence-electron chi connectivity index (χ1n) is 21.4. The maximum absolute atomic E-state index is 17.4. The molecule has 5 aliphatic carbocycles. The molecule has 8 rings (SSSR count). The number of allylic oxidation sites excluding steroid dienone is 4. The topological polar surface area (TPSA) is 219 Å². The number of carbonyl (C=O) groups is 6. The minimum absolute atomic E-state index is 0.0202. The van der Waals surface area contributed by atoms with E-state index in [1.165, 1.54) is 36.4 Å². The number of ether oxygens (including phenoxy) is 3. The second kappa shape index (κ2) is 15.6. The van der Waals surface area contributed by atoms with Gasteiger partial charge in [0, 0.05) is 54.7 Å². The Morgan fingerprint density at radius 1 is 1.00 bits per heavy atom. The van der Waals surface area contributed by atoms with Crippen LogP contribution in [0, 0.1) is 28.5 Å². The van der Waals surface area contributed by atoms with Crippen molar-refractivity contribution in [3.8, 4) is 5.75 Å². The van der Waals surface area contributed by atoms with E-state index in [-0.39, 0.29) is 73.1 Å². The van der Waals surface area contributed by atoms with Gasteiger partial charge in [0.15, 0.2) is 29.6 Å². The number of pyridine rings is 1. The fourth-order valence-electron chi connectivity index (χ4n) is 11.6. The van der Waals surface area contributed by atoms with Gasteiger partial charge < -0.3 is 43.9 Å².